The highest BCUT2D eigenvalue weighted by molar-refractivity contribution is 5.67. The number of ether oxygens (including phenoxy) is 3. The zero-order valence-electron chi connectivity index (χ0n) is 19.2. The Labute approximate surface area is 184 Å². The van der Waals surface area contributed by atoms with Crippen LogP contribution in [0, 0.1) is 22.7 Å². The predicted molar refractivity (Wildman–Crippen MR) is 114 cm³/mol. The van der Waals surface area contributed by atoms with Crippen LogP contribution in [-0.4, -0.2) is 36.2 Å². The Morgan fingerprint density at radius 2 is 1.48 bits per heavy atom. The van der Waals surface area contributed by atoms with Gasteiger partial charge in [0.1, 0.15) is 18.3 Å². The van der Waals surface area contributed by atoms with E-state index in [1.165, 1.54) is 31.9 Å². The van der Waals surface area contributed by atoms with E-state index in [4.69, 9.17) is 14.2 Å². The van der Waals surface area contributed by atoms with E-state index in [-0.39, 0.29) is 53.0 Å². The first-order valence-corrected chi connectivity index (χ1v) is 11.5. The summed E-state index contributed by atoms with van der Waals surface area (Å²) in [6, 6.07) is 0. The number of carbonyl (C=O) groups excluding carboxylic acids is 3. The van der Waals surface area contributed by atoms with Crippen LogP contribution in [0.2, 0.25) is 0 Å². The number of rotatable bonds is 3. The molecule has 0 aromatic rings. The Kier molecular flexibility index (Phi) is 5.55. The second kappa shape index (κ2) is 7.79. The quantitative estimate of drug-likeness (QED) is 0.491. The van der Waals surface area contributed by atoms with E-state index < -0.39 is 0 Å². The second-order valence-corrected chi connectivity index (χ2v) is 10.2. The second-order valence-electron chi connectivity index (χ2n) is 10.2. The van der Waals surface area contributed by atoms with Crippen molar-refractivity contribution in [3.8, 4) is 0 Å². The number of fused-ring (bicyclic) bond motifs is 5. The van der Waals surface area contributed by atoms with Crippen LogP contribution in [-0.2, 0) is 28.6 Å². The third-order valence-electron chi connectivity index (χ3n) is 8.46. The smallest absolute Gasteiger partial charge is 0.302 e. The third kappa shape index (κ3) is 3.62. The molecule has 3 fully saturated rings. The SMILES string of the molecule is CC(=O)O[C@@H]1CC2=CC=C3[C@@H]4CC[C@H](OC(C)=O)[C@@]4(C)CC[C@@H]3[C@@]2(C)[C@@H](OC(C)=O)C1. The summed E-state index contributed by atoms with van der Waals surface area (Å²) < 4.78 is 17.1. The van der Waals surface area contributed by atoms with Gasteiger partial charge >= 0.3 is 17.9 Å². The van der Waals surface area contributed by atoms with Crippen LogP contribution in [0.15, 0.2) is 23.3 Å². The number of hydrogen-bond acceptors (Lipinski definition) is 6. The molecule has 4 rings (SSSR count). The fraction of sp³-hybridized carbons (Fsp3) is 0.720. The minimum Gasteiger partial charge on any atom is -0.462 e. The van der Waals surface area contributed by atoms with Crippen molar-refractivity contribution in [3.63, 3.8) is 0 Å². The van der Waals surface area contributed by atoms with Crippen molar-refractivity contribution in [3.05, 3.63) is 23.3 Å². The van der Waals surface area contributed by atoms with Gasteiger partial charge in [0.15, 0.2) is 0 Å². The van der Waals surface area contributed by atoms with Gasteiger partial charge in [-0.1, -0.05) is 37.1 Å². The number of carbonyl (C=O) groups is 3. The van der Waals surface area contributed by atoms with Crippen molar-refractivity contribution < 1.29 is 28.6 Å². The number of allylic oxidation sites excluding steroid dienone is 3. The largest absolute Gasteiger partial charge is 0.462 e. The van der Waals surface area contributed by atoms with Crippen molar-refractivity contribution in [2.45, 2.75) is 91.5 Å². The normalized spacial score (nSPS) is 41.0. The van der Waals surface area contributed by atoms with Crippen molar-refractivity contribution >= 4 is 17.9 Å². The van der Waals surface area contributed by atoms with Crippen LogP contribution in [0.1, 0.15) is 73.1 Å². The minimum absolute atomic E-state index is 0.0426. The van der Waals surface area contributed by atoms with Gasteiger partial charge in [-0.25, -0.2) is 0 Å². The number of esters is 3. The first-order valence-electron chi connectivity index (χ1n) is 11.5. The third-order valence-corrected chi connectivity index (χ3v) is 8.46. The molecule has 4 aliphatic carbocycles. The summed E-state index contributed by atoms with van der Waals surface area (Å²) in [7, 11) is 0. The molecule has 0 saturated heterocycles. The molecule has 0 radical (unpaired) electrons. The average molecular weight is 431 g/mol. The highest BCUT2D eigenvalue weighted by atomic mass is 16.6. The van der Waals surface area contributed by atoms with Gasteiger partial charge in [-0.05, 0) is 37.5 Å². The lowest BCUT2D eigenvalue weighted by Gasteiger charge is -2.56. The summed E-state index contributed by atoms with van der Waals surface area (Å²) in [5.41, 5.74) is 2.23. The standard InChI is InChI=1S/C25H34O6/c1-14(26)29-18-12-17-6-7-19-20-8-9-22(30-15(2)27)24(20,4)11-10-21(19)25(17,5)23(13-18)31-16(3)28/h6-7,18,20-23H,8-13H2,1-5H3/t18-,20+,21+,22+,23+,24+,25+/m1/s1. The summed E-state index contributed by atoms with van der Waals surface area (Å²) in [5.74, 6) is -0.196. The molecule has 31 heavy (non-hydrogen) atoms. The van der Waals surface area contributed by atoms with Gasteiger partial charge < -0.3 is 14.2 Å². The maximum atomic E-state index is 12.0. The molecule has 4 aliphatic rings. The highest BCUT2D eigenvalue weighted by Gasteiger charge is 2.60. The van der Waals surface area contributed by atoms with E-state index in [0.29, 0.717) is 18.8 Å². The summed E-state index contributed by atoms with van der Waals surface area (Å²) >= 11 is 0. The molecule has 6 heteroatoms. The monoisotopic (exact) mass is 430 g/mol. The van der Waals surface area contributed by atoms with Crippen LogP contribution in [0.4, 0.5) is 0 Å². The molecule has 6 nitrogen and oxygen atoms in total. The van der Waals surface area contributed by atoms with Crippen LogP contribution in [0.5, 0.6) is 0 Å². The van der Waals surface area contributed by atoms with E-state index in [1.807, 2.05) is 0 Å². The molecule has 0 amide bonds. The van der Waals surface area contributed by atoms with Crippen LogP contribution in [0.25, 0.3) is 0 Å². The van der Waals surface area contributed by atoms with E-state index in [1.54, 1.807) is 0 Å². The molecule has 0 aliphatic heterocycles. The molecule has 0 heterocycles. The minimum atomic E-state index is -0.335. The molecular formula is C25H34O6. The fourth-order valence-electron chi connectivity index (χ4n) is 7.05. The van der Waals surface area contributed by atoms with E-state index in [0.717, 1.165) is 25.7 Å². The van der Waals surface area contributed by atoms with Gasteiger partial charge in [0.25, 0.3) is 0 Å². The Bertz CT molecular complexity index is 856. The summed E-state index contributed by atoms with van der Waals surface area (Å²) in [6.45, 7) is 8.83. The molecular weight excluding hydrogens is 396 g/mol. The number of hydrogen-bond donors (Lipinski definition) is 0. The molecule has 170 valence electrons. The Hall–Kier alpha value is -2.11. The van der Waals surface area contributed by atoms with Gasteiger partial charge in [0, 0.05) is 44.4 Å². The summed E-state index contributed by atoms with van der Waals surface area (Å²) in [4.78, 5) is 35.2. The van der Waals surface area contributed by atoms with Gasteiger partial charge in [-0.2, -0.15) is 0 Å². The molecule has 0 bridgehead atoms. The molecule has 0 N–H and O–H groups in total. The van der Waals surface area contributed by atoms with Crippen molar-refractivity contribution in [1.29, 1.82) is 0 Å². The predicted octanol–water partition coefficient (Wildman–Crippen LogP) is 4.27. The maximum Gasteiger partial charge on any atom is 0.302 e. The highest BCUT2D eigenvalue weighted by Crippen LogP contribution is 2.64. The van der Waals surface area contributed by atoms with Crippen molar-refractivity contribution in [2.24, 2.45) is 22.7 Å². The van der Waals surface area contributed by atoms with Crippen molar-refractivity contribution in [2.75, 3.05) is 0 Å². The van der Waals surface area contributed by atoms with Gasteiger partial charge in [-0.15, -0.1) is 0 Å². The molecule has 0 aromatic carbocycles. The first kappa shape index (κ1) is 22.1. The Balaban J connectivity index is 1.69. The molecule has 0 aromatic heterocycles. The zero-order chi connectivity index (χ0) is 22.6. The first-order chi connectivity index (χ1) is 14.6. The lowest BCUT2D eigenvalue weighted by atomic mass is 9.50. The van der Waals surface area contributed by atoms with E-state index in [2.05, 4.69) is 26.0 Å². The lowest BCUT2D eigenvalue weighted by molar-refractivity contribution is -0.165. The Morgan fingerprint density at radius 1 is 0.839 bits per heavy atom. The van der Waals surface area contributed by atoms with E-state index >= 15 is 0 Å². The summed E-state index contributed by atoms with van der Waals surface area (Å²) in [6.07, 6.45) is 8.79. The summed E-state index contributed by atoms with van der Waals surface area (Å²) in [5, 5.41) is 0. The maximum absolute atomic E-state index is 12.0. The van der Waals surface area contributed by atoms with Gasteiger partial charge in [-0.3, -0.25) is 14.4 Å². The molecule has 3 saturated carbocycles. The molecule has 0 unspecified atom stereocenters. The van der Waals surface area contributed by atoms with E-state index in [9.17, 15) is 14.4 Å². The van der Waals surface area contributed by atoms with Crippen LogP contribution >= 0.6 is 0 Å². The van der Waals surface area contributed by atoms with Crippen LogP contribution < -0.4 is 0 Å². The molecule has 7 atom stereocenters. The zero-order valence-corrected chi connectivity index (χ0v) is 19.2. The lowest BCUT2D eigenvalue weighted by Crippen LogP contribution is -2.54. The van der Waals surface area contributed by atoms with Crippen LogP contribution in [0.3, 0.4) is 0 Å². The Morgan fingerprint density at radius 3 is 2.13 bits per heavy atom. The topological polar surface area (TPSA) is 78.9 Å². The molecule has 0 spiro atoms. The van der Waals surface area contributed by atoms with Gasteiger partial charge in [0.2, 0.25) is 0 Å². The van der Waals surface area contributed by atoms with Crippen molar-refractivity contribution in [1.82, 2.24) is 0 Å². The fourth-order valence-corrected chi connectivity index (χ4v) is 7.05. The van der Waals surface area contributed by atoms with Gasteiger partial charge in [0.05, 0.1) is 0 Å². The average Bonchev–Trinajstić information content (AvgIpc) is 2.98.